The van der Waals surface area contributed by atoms with Crippen LogP contribution in [0.5, 0.6) is 0 Å². The second kappa shape index (κ2) is 5.13. The van der Waals surface area contributed by atoms with Crippen LogP contribution < -0.4 is 0 Å². The molecule has 2 aliphatic rings. The van der Waals surface area contributed by atoms with Crippen LogP contribution in [0, 0.1) is 22.8 Å². The van der Waals surface area contributed by atoms with Crippen molar-refractivity contribution in [1.82, 2.24) is 0 Å². The number of allylic oxidation sites excluding steroid dienone is 2. The minimum absolute atomic E-state index is 0.323. The van der Waals surface area contributed by atoms with E-state index in [9.17, 15) is 4.79 Å². The van der Waals surface area contributed by atoms with Crippen molar-refractivity contribution in [3.05, 3.63) is 11.3 Å². The highest BCUT2D eigenvalue weighted by molar-refractivity contribution is 6.83. The van der Waals surface area contributed by atoms with Crippen molar-refractivity contribution in [1.29, 1.82) is 0 Å². The van der Waals surface area contributed by atoms with Crippen LogP contribution in [-0.4, -0.2) is 22.2 Å². The SMILES string of the molecule is C/C(O[Si](C)(C)C)=C1/CCC2CC(=O)C12C#C[Si](C)(C)C. The highest BCUT2D eigenvalue weighted by Crippen LogP contribution is 2.58. The van der Waals surface area contributed by atoms with Gasteiger partial charge in [-0.15, -0.1) is 5.54 Å². The highest BCUT2D eigenvalue weighted by atomic mass is 28.4. The van der Waals surface area contributed by atoms with E-state index in [4.69, 9.17) is 4.43 Å². The van der Waals surface area contributed by atoms with Gasteiger partial charge in [0.15, 0.2) is 5.78 Å². The number of hydrogen-bond acceptors (Lipinski definition) is 2. The van der Waals surface area contributed by atoms with Crippen molar-refractivity contribution in [2.45, 2.75) is 65.5 Å². The van der Waals surface area contributed by atoms with Gasteiger partial charge in [-0.05, 0) is 50.9 Å². The van der Waals surface area contributed by atoms with Gasteiger partial charge in [0.1, 0.15) is 13.5 Å². The molecule has 0 aliphatic heterocycles. The van der Waals surface area contributed by atoms with Crippen molar-refractivity contribution < 1.29 is 9.22 Å². The van der Waals surface area contributed by atoms with Crippen LogP contribution in [0.15, 0.2) is 11.3 Å². The molecule has 21 heavy (non-hydrogen) atoms. The van der Waals surface area contributed by atoms with Gasteiger partial charge >= 0.3 is 0 Å². The number of rotatable bonds is 2. The molecule has 0 heterocycles. The Bertz CT molecular complexity index is 552. The highest BCUT2D eigenvalue weighted by Gasteiger charge is 2.60. The molecule has 0 N–H and O–H groups in total. The lowest BCUT2D eigenvalue weighted by Gasteiger charge is -2.41. The number of carbonyl (C=O) groups is 1. The van der Waals surface area contributed by atoms with Gasteiger partial charge in [0, 0.05) is 6.42 Å². The first-order valence-electron chi connectivity index (χ1n) is 7.92. The van der Waals surface area contributed by atoms with Crippen molar-refractivity contribution in [3.63, 3.8) is 0 Å². The molecule has 2 aliphatic carbocycles. The van der Waals surface area contributed by atoms with Crippen LogP contribution in [-0.2, 0) is 9.22 Å². The fourth-order valence-corrected chi connectivity index (χ4v) is 5.01. The summed E-state index contributed by atoms with van der Waals surface area (Å²) in [7, 11) is -3.11. The van der Waals surface area contributed by atoms with Gasteiger partial charge in [-0.3, -0.25) is 4.79 Å². The molecule has 0 amide bonds. The molecule has 0 spiro atoms. The number of carbonyl (C=O) groups excluding carboxylic acids is 1. The number of Topliss-reactive ketones (excluding diaryl/α,β-unsaturated/α-hetero) is 1. The van der Waals surface area contributed by atoms with E-state index in [1.807, 2.05) is 6.92 Å². The van der Waals surface area contributed by atoms with E-state index in [-0.39, 0.29) is 0 Å². The van der Waals surface area contributed by atoms with Gasteiger partial charge in [-0.2, -0.15) is 0 Å². The molecular formula is C17H28O2Si2. The number of hydrogen-bond donors (Lipinski definition) is 0. The molecule has 2 saturated carbocycles. The predicted octanol–water partition coefficient (Wildman–Crippen LogP) is 4.36. The summed E-state index contributed by atoms with van der Waals surface area (Å²) in [5.74, 6) is 5.18. The predicted molar refractivity (Wildman–Crippen MR) is 93.0 cm³/mol. The van der Waals surface area contributed by atoms with E-state index in [1.54, 1.807) is 0 Å². The summed E-state index contributed by atoms with van der Waals surface area (Å²) in [6.07, 6.45) is 2.78. The molecule has 0 aromatic carbocycles. The molecule has 4 heteroatoms. The zero-order chi connectivity index (χ0) is 16.1. The summed E-state index contributed by atoms with van der Waals surface area (Å²) in [6.45, 7) is 15.3. The summed E-state index contributed by atoms with van der Waals surface area (Å²) in [6, 6.07) is 0. The van der Waals surface area contributed by atoms with Gasteiger partial charge in [0.25, 0.3) is 0 Å². The molecular weight excluding hydrogens is 292 g/mol. The Labute approximate surface area is 131 Å². The summed E-state index contributed by atoms with van der Waals surface area (Å²) >= 11 is 0. The molecule has 0 aromatic heterocycles. The first-order chi connectivity index (χ1) is 9.46. The molecule has 0 aromatic rings. The topological polar surface area (TPSA) is 26.3 Å². The van der Waals surface area contributed by atoms with Crippen molar-refractivity contribution >= 4 is 22.2 Å². The van der Waals surface area contributed by atoms with Gasteiger partial charge < -0.3 is 4.43 Å². The van der Waals surface area contributed by atoms with E-state index in [2.05, 4.69) is 50.7 Å². The smallest absolute Gasteiger partial charge is 0.241 e. The zero-order valence-electron chi connectivity index (χ0n) is 14.5. The fourth-order valence-electron chi connectivity index (χ4n) is 3.39. The first-order valence-corrected chi connectivity index (χ1v) is 14.8. The standard InChI is InChI=1S/C17H28O2Si2/c1-13(19-21(5,6)7)15-9-8-14-12-16(18)17(14,15)10-11-20(2,3)4/h14H,8-9,12H2,1-7H3/b15-13+. The average Bonchev–Trinajstić information content (AvgIpc) is 2.56. The molecule has 0 radical (unpaired) electrons. The summed E-state index contributed by atoms with van der Waals surface area (Å²) in [5, 5.41) is 0. The largest absolute Gasteiger partial charge is 0.548 e. The zero-order valence-corrected chi connectivity index (χ0v) is 16.5. The molecule has 0 bridgehead atoms. The number of fused-ring (bicyclic) bond motifs is 1. The van der Waals surface area contributed by atoms with Gasteiger partial charge in [-0.1, -0.05) is 25.6 Å². The Morgan fingerprint density at radius 1 is 1.24 bits per heavy atom. The van der Waals surface area contributed by atoms with Gasteiger partial charge in [0.2, 0.25) is 8.32 Å². The Balaban J connectivity index is 2.44. The van der Waals surface area contributed by atoms with Crippen LogP contribution in [0.4, 0.5) is 0 Å². The second-order valence-corrected chi connectivity index (χ2v) is 17.6. The van der Waals surface area contributed by atoms with Crippen LogP contribution in [0.25, 0.3) is 0 Å². The Morgan fingerprint density at radius 3 is 2.33 bits per heavy atom. The fraction of sp³-hybridized carbons (Fsp3) is 0.706. The molecule has 116 valence electrons. The third-order valence-electron chi connectivity index (χ3n) is 4.22. The first kappa shape index (κ1) is 16.6. The second-order valence-electron chi connectivity index (χ2n) is 8.42. The maximum absolute atomic E-state index is 12.5. The molecule has 2 atom stereocenters. The monoisotopic (exact) mass is 320 g/mol. The maximum atomic E-state index is 12.5. The quantitative estimate of drug-likeness (QED) is 0.429. The minimum Gasteiger partial charge on any atom is -0.548 e. The summed E-state index contributed by atoms with van der Waals surface area (Å²) in [4.78, 5) is 12.5. The minimum atomic E-state index is -1.64. The molecule has 2 fully saturated rings. The third-order valence-corrected chi connectivity index (χ3v) is 6.02. The Kier molecular flexibility index (Phi) is 4.05. The van der Waals surface area contributed by atoms with Crippen molar-refractivity contribution in [2.24, 2.45) is 11.3 Å². The van der Waals surface area contributed by atoms with Crippen LogP contribution in [0.2, 0.25) is 39.3 Å². The lowest BCUT2D eigenvalue weighted by molar-refractivity contribution is -0.135. The Hall–Kier alpha value is -0.796. The van der Waals surface area contributed by atoms with Crippen LogP contribution >= 0.6 is 0 Å². The molecule has 0 saturated heterocycles. The van der Waals surface area contributed by atoms with E-state index in [1.165, 1.54) is 5.57 Å². The molecule has 2 nitrogen and oxygen atoms in total. The molecule has 2 unspecified atom stereocenters. The maximum Gasteiger partial charge on any atom is 0.241 e. The molecule has 2 rings (SSSR count). The normalized spacial score (nSPS) is 31.0. The lowest BCUT2D eigenvalue weighted by atomic mass is 9.59. The van der Waals surface area contributed by atoms with E-state index < -0.39 is 21.8 Å². The van der Waals surface area contributed by atoms with E-state index in [0.717, 1.165) is 18.6 Å². The number of ketones is 1. The van der Waals surface area contributed by atoms with Crippen molar-refractivity contribution in [3.8, 4) is 11.5 Å². The Morgan fingerprint density at radius 2 is 1.86 bits per heavy atom. The van der Waals surface area contributed by atoms with Crippen LogP contribution in [0.3, 0.4) is 0 Å². The van der Waals surface area contributed by atoms with E-state index >= 15 is 0 Å². The van der Waals surface area contributed by atoms with Crippen LogP contribution in [0.1, 0.15) is 26.2 Å². The van der Waals surface area contributed by atoms with E-state index in [0.29, 0.717) is 18.1 Å². The van der Waals surface area contributed by atoms with Gasteiger partial charge in [0.05, 0.1) is 5.76 Å². The van der Waals surface area contributed by atoms with Crippen molar-refractivity contribution in [2.75, 3.05) is 0 Å². The van der Waals surface area contributed by atoms with Gasteiger partial charge in [-0.25, -0.2) is 0 Å². The lowest BCUT2D eigenvalue weighted by Crippen LogP contribution is -2.47. The third kappa shape index (κ3) is 3.19. The summed E-state index contributed by atoms with van der Waals surface area (Å²) in [5.41, 5.74) is 4.16. The average molecular weight is 321 g/mol. The summed E-state index contributed by atoms with van der Waals surface area (Å²) < 4.78 is 6.19.